The number of rotatable bonds is 4. The molecule has 0 N–H and O–H groups in total. The molecule has 5 aliphatic carbocycles. The first kappa shape index (κ1) is 28.9. The third-order valence-electron chi connectivity index (χ3n) is 14.6. The topological polar surface area (TPSA) is 43.4 Å². The van der Waals surface area contributed by atoms with Crippen LogP contribution in [0.25, 0.3) is 5.57 Å². The second kappa shape index (κ2) is 9.42. The highest BCUT2D eigenvalue weighted by atomic mass is 16.5. The Morgan fingerprint density at radius 3 is 2.24 bits per heavy atom. The van der Waals surface area contributed by atoms with E-state index in [1.807, 2.05) is 12.1 Å². The molecule has 0 amide bonds. The van der Waals surface area contributed by atoms with Gasteiger partial charge in [0.25, 0.3) is 0 Å². The van der Waals surface area contributed by atoms with Crippen molar-refractivity contribution in [1.82, 2.24) is 0 Å². The number of esters is 1. The van der Waals surface area contributed by atoms with Crippen LogP contribution in [-0.2, 0) is 9.53 Å². The largest absolute Gasteiger partial charge is 0.465 e. The Bertz CT molecular complexity index is 1290. The first-order valence-corrected chi connectivity index (χ1v) is 16.3. The number of hydrogen-bond acceptors (Lipinski definition) is 3. The Kier molecular flexibility index (Phi) is 6.65. The smallest absolute Gasteiger partial charge is 0.337 e. The van der Waals surface area contributed by atoms with Gasteiger partial charge in [0.1, 0.15) is 6.29 Å². The maximum Gasteiger partial charge on any atom is 0.337 e. The summed E-state index contributed by atoms with van der Waals surface area (Å²) in [6.07, 6.45) is 14.6. The predicted molar refractivity (Wildman–Crippen MR) is 166 cm³/mol. The molecule has 3 nitrogen and oxygen atoms in total. The van der Waals surface area contributed by atoms with Crippen molar-refractivity contribution in [3.8, 4) is 0 Å². The van der Waals surface area contributed by atoms with Crippen LogP contribution in [0.5, 0.6) is 0 Å². The minimum absolute atomic E-state index is 0.0502. The van der Waals surface area contributed by atoms with E-state index in [1.165, 1.54) is 62.2 Å². The van der Waals surface area contributed by atoms with Gasteiger partial charge in [0.2, 0.25) is 0 Å². The summed E-state index contributed by atoms with van der Waals surface area (Å²) in [5, 5.41) is 0. The Hall–Kier alpha value is -2.16. The highest BCUT2D eigenvalue weighted by molar-refractivity contribution is 5.90. The zero-order valence-electron chi connectivity index (χ0n) is 26.6. The van der Waals surface area contributed by atoms with E-state index in [2.05, 4.69) is 66.3 Å². The van der Waals surface area contributed by atoms with E-state index in [4.69, 9.17) is 4.74 Å². The maximum atomic E-state index is 12.7. The molecule has 0 saturated heterocycles. The van der Waals surface area contributed by atoms with Crippen molar-refractivity contribution < 1.29 is 14.3 Å². The summed E-state index contributed by atoms with van der Waals surface area (Å²) in [6, 6.07) is 8.05. The van der Waals surface area contributed by atoms with Crippen molar-refractivity contribution in [1.29, 1.82) is 0 Å². The van der Waals surface area contributed by atoms with Crippen molar-refractivity contribution in [2.75, 3.05) is 7.11 Å². The lowest BCUT2D eigenvalue weighted by Gasteiger charge is -2.72. The number of methoxy groups -OCH3 is 1. The molecule has 0 aliphatic heterocycles. The molecule has 0 aromatic heterocycles. The summed E-state index contributed by atoms with van der Waals surface area (Å²) in [4.78, 5) is 24.8. The molecule has 0 spiro atoms. The van der Waals surface area contributed by atoms with Crippen molar-refractivity contribution in [3.05, 3.63) is 53.6 Å². The molecule has 0 unspecified atom stereocenters. The van der Waals surface area contributed by atoms with Gasteiger partial charge in [-0.05, 0) is 139 Å². The number of allylic oxidation sites excluding steroid dienone is 3. The van der Waals surface area contributed by atoms with Crippen LogP contribution in [0, 0.1) is 56.7 Å². The summed E-state index contributed by atoms with van der Waals surface area (Å²) in [6.45, 7) is 19.5. The molecule has 1 aromatic carbocycles. The molecule has 4 saturated carbocycles. The standard InChI is InChI=1S/C38H52O3/c1-24(2)27-15-20-38(23-39)22-21-36(6)29(32(27)38)13-14-31-35(5)18-16-28(25-9-11-26(12-10-25)33(40)41-8)34(3,4)30(35)17-19-37(31,36)7/h9-12,16,23,27,29-32H,1,13-15,17-22H2,2-8H3/t27-,29+,30-,31+,32+,35-,36+,37+,38+/m0/s1. The second-order valence-electron chi connectivity index (χ2n) is 16.1. The summed E-state index contributed by atoms with van der Waals surface area (Å²) in [7, 11) is 1.44. The number of carbonyl (C=O) groups excluding carboxylic acids is 2. The molecule has 9 atom stereocenters. The van der Waals surface area contributed by atoms with E-state index < -0.39 is 0 Å². The molecule has 5 aliphatic rings. The Balaban J connectivity index is 1.35. The fraction of sp³-hybridized carbons (Fsp3) is 0.684. The summed E-state index contributed by atoms with van der Waals surface area (Å²) >= 11 is 0. The Morgan fingerprint density at radius 2 is 1.61 bits per heavy atom. The average molecular weight is 557 g/mol. The van der Waals surface area contributed by atoms with Crippen LogP contribution in [0.3, 0.4) is 0 Å². The molecule has 6 rings (SSSR count). The lowest BCUT2D eigenvalue weighted by molar-refractivity contribution is -0.223. The molecule has 1 aromatic rings. The zero-order chi connectivity index (χ0) is 29.6. The second-order valence-corrected chi connectivity index (χ2v) is 16.1. The van der Waals surface area contributed by atoms with E-state index in [0.717, 1.165) is 25.7 Å². The van der Waals surface area contributed by atoms with E-state index in [0.29, 0.717) is 35.2 Å². The number of aldehydes is 1. The van der Waals surface area contributed by atoms with Gasteiger partial charge in [-0.2, -0.15) is 0 Å². The minimum Gasteiger partial charge on any atom is -0.465 e. The SMILES string of the molecule is C=C(C)[C@@H]1CC[C@]2(C=O)CC[C@]3(C)[C@H](CC[C@@H]4[C@@]5(C)CC=C(c6ccc(C(=O)OC)cc6)C(C)(C)[C@@H]5CC[C@]43C)[C@@H]12. The molecule has 4 fully saturated rings. The van der Waals surface area contributed by atoms with Crippen LogP contribution >= 0.6 is 0 Å². The quantitative estimate of drug-likeness (QED) is 0.211. The van der Waals surface area contributed by atoms with Crippen LogP contribution in [0.2, 0.25) is 0 Å². The monoisotopic (exact) mass is 556 g/mol. The van der Waals surface area contributed by atoms with Gasteiger partial charge in [-0.3, -0.25) is 0 Å². The van der Waals surface area contributed by atoms with Crippen LogP contribution in [0.1, 0.15) is 115 Å². The van der Waals surface area contributed by atoms with Crippen molar-refractivity contribution >= 4 is 17.8 Å². The molecule has 0 bridgehead atoms. The molecule has 0 heterocycles. The van der Waals surface area contributed by atoms with E-state index in [9.17, 15) is 9.59 Å². The maximum absolute atomic E-state index is 12.7. The molecular weight excluding hydrogens is 504 g/mol. The van der Waals surface area contributed by atoms with Crippen molar-refractivity contribution in [3.63, 3.8) is 0 Å². The lowest BCUT2D eigenvalue weighted by Crippen LogP contribution is -2.65. The van der Waals surface area contributed by atoms with Gasteiger partial charge in [0, 0.05) is 5.41 Å². The molecule has 3 heteroatoms. The van der Waals surface area contributed by atoms with Gasteiger partial charge >= 0.3 is 5.97 Å². The summed E-state index contributed by atoms with van der Waals surface area (Å²) < 4.78 is 4.93. The number of hydrogen-bond donors (Lipinski definition) is 0. The van der Waals surface area contributed by atoms with Gasteiger partial charge in [0.05, 0.1) is 12.7 Å². The van der Waals surface area contributed by atoms with E-state index in [-0.39, 0.29) is 33.0 Å². The van der Waals surface area contributed by atoms with E-state index >= 15 is 0 Å². The van der Waals surface area contributed by atoms with Crippen molar-refractivity contribution in [2.45, 2.75) is 99.3 Å². The fourth-order valence-corrected chi connectivity index (χ4v) is 12.4. The lowest BCUT2D eigenvalue weighted by atomic mass is 9.32. The molecule has 222 valence electrons. The van der Waals surface area contributed by atoms with Crippen LogP contribution in [0.15, 0.2) is 42.5 Å². The summed E-state index contributed by atoms with van der Waals surface area (Å²) in [5.41, 5.74) is 5.30. The van der Waals surface area contributed by atoms with Crippen molar-refractivity contribution in [2.24, 2.45) is 56.7 Å². The highest BCUT2D eigenvalue weighted by Gasteiger charge is 2.70. The minimum atomic E-state index is -0.281. The normalized spacial score (nSPS) is 44.4. The molecular formula is C38H52O3. The molecule has 41 heavy (non-hydrogen) atoms. The first-order chi connectivity index (χ1) is 19.3. The first-order valence-electron chi connectivity index (χ1n) is 16.3. The zero-order valence-corrected chi connectivity index (χ0v) is 26.6. The van der Waals surface area contributed by atoms with Gasteiger partial charge in [-0.1, -0.05) is 65.0 Å². The third-order valence-corrected chi connectivity index (χ3v) is 14.6. The number of carbonyl (C=O) groups is 2. The Labute approximate surface area is 248 Å². The molecule has 0 radical (unpaired) electrons. The predicted octanol–water partition coefficient (Wildman–Crippen LogP) is 9.32. The number of benzene rings is 1. The number of ether oxygens (including phenoxy) is 1. The van der Waals surface area contributed by atoms with E-state index in [1.54, 1.807) is 0 Å². The fourth-order valence-electron chi connectivity index (χ4n) is 12.4. The van der Waals surface area contributed by atoms with Crippen LogP contribution in [0.4, 0.5) is 0 Å². The highest BCUT2D eigenvalue weighted by Crippen LogP contribution is 2.77. The Morgan fingerprint density at radius 1 is 0.902 bits per heavy atom. The van der Waals surface area contributed by atoms with Gasteiger partial charge in [-0.15, -0.1) is 0 Å². The average Bonchev–Trinajstić information content (AvgIpc) is 3.33. The van der Waals surface area contributed by atoms with Crippen LogP contribution < -0.4 is 0 Å². The number of fused-ring (bicyclic) bond motifs is 7. The van der Waals surface area contributed by atoms with Gasteiger partial charge < -0.3 is 9.53 Å². The van der Waals surface area contributed by atoms with Gasteiger partial charge in [0.15, 0.2) is 0 Å². The van der Waals surface area contributed by atoms with Gasteiger partial charge in [-0.25, -0.2) is 4.79 Å². The third kappa shape index (κ3) is 3.75. The summed E-state index contributed by atoms with van der Waals surface area (Å²) in [5.74, 6) is 2.60. The van der Waals surface area contributed by atoms with Crippen LogP contribution in [-0.4, -0.2) is 19.4 Å².